The molecule has 0 aliphatic carbocycles. The fourth-order valence-electron chi connectivity index (χ4n) is 1.28. The van der Waals surface area contributed by atoms with Crippen LogP contribution in [0.25, 0.3) is 0 Å². The Bertz CT molecular complexity index is 267. The molecule has 0 aliphatic rings. The highest BCUT2D eigenvalue weighted by atomic mass is 14.9. The van der Waals surface area contributed by atoms with Gasteiger partial charge in [-0.2, -0.15) is 0 Å². The summed E-state index contributed by atoms with van der Waals surface area (Å²) >= 11 is 0. The molecule has 0 spiro atoms. The van der Waals surface area contributed by atoms with E-state index in [1.165, 1.54) is 0 Å². The minimum atomic E-state index is 0.186. The Labute approximate surface area is 79.7 Å². The normalized spacial score (nSPS) is 12.5. The molecule has 2 heteroatoms. The zero-order valence-electron chi connectivity index (χ0n) is 8.25. The smallest absolute Gasteiger partial charge is 0.0705 e. The van der Waals surface area contributed by atoms with Crippen LogP contribution in [0.4, 0.5) is 0 Å². The summed E-state index contributed by atoms with van der Waals surface area (Å²) in [7, 11) is 0. The molecule has 1 rings (SSSR count). The highest BCUT2D eigenvalue weighted by Crippen LogP contribution is 2.16. The number of aromatic nitrogens is 1. The van der Waals surface area contributed by atoms with Gasteiger partial charge in [0.05, 0.1) is 11.7 Å². The number of hydrogen-bond acceptors (Lipinski definition) is 2. The minimum absolute atomic E-state index is 0.186. The van der Waals surface area contributed by atoms with Gasteiger partial charge in [0.25, 0.3) is 0 Å². The molecule has 1 atom stereocenters. The van der Waals surface area contributed by atoms with E-state index < -0.39 is 0 Å². The van der Waals surface area contributed by atoms with Crippen molar-refractivity contribution in [3.8, 4) is 0 Å². The lowest BCUT2D eigenvalue weighted by molar-refractivity contribution is 0.607. The molecule has 70 valence electrons. The molecule has 1 heterocycles. The van der Waals surface area contributed by atoms with Gasteiger partial charge in [-0.15, -0.1) is 0 Å². The first-order chi connectivity index (χ1) is 6.25. The zero-order valence-corrected chi connectivity index (χ0v) is 8.25. The van der Waals surface area contributed by atoms with Crippen molar-refractivity contribution in [2.24, 2.45) is 0 Å². The molecular weight excluding hydrogens is 160 g/mol. The molecule has 0 amide bonds. The van der Waals surface area contributed by atoms with Gasteiger partial charge < -0.3 is 5.32 Å². The van der Waals surface area contributed by atoms with Gasteiger partial charge in [0, 0.05) is 6.20 Å². The van der Waals surface area contributed by atoms with Crippen molar-refractivity contribution in [1.29, 1.82) is 0 Å². The summed E-state index contributed by atoms with van der Waals surface area (Å²) in [6.45, 7) is 8.97. The Morgan fingerprint density at radius 3 is 2.85 bits per heavy atom. The van der Waals surface area contributed by atoms with Crippen LogP contribution in [0, 0.1) is 0 Å². The third kappa shape index (κ3) is 2.67. The predicted molar refractivity (Wildman–Crippen MR) is 55.5 cm³/mol. The van der Waals surface area contributed by atoms with Gasteiger partial charge in [-0.05, 0) is 25.6 Å². The van der Waals surface area contributed by atoms with E-state index in [-0.39, 0.29) is 6.04 Å². The summed E-state index contributed by atoms with van der Waals surface area (Å²) in [6.07, 6.45) is 1.81. The molecule has 0 aromatic carbocycles. The molecule has 2 nitrogen and oxygen atoms in total. The molecule has 0 bridgehead atoms. The van der Waals surface area contributed by atoms with Crippen molar-refractivity contribution in [2.75, 3.05) is 6.54 Å². The number of rotatable bonds is 4. The fourth-order valence-corrected chi connectivity index (χ4v) is 1.28. The lowest BCUT2D eigenvalue weighted by Crippen LogP contribution is -2.22. The molecule has 0 fully saturated rings. The summed E-state index contributed by atoms with van der Waals surface area (Å²) in [6, 6.07) is 6.12. The van der Waals surface area contributed by atoms with Crippen LogP contribution in [-0.4, -0.2) is 11.5 Å². The van der Waals surface area contributed by atoms with Gasteiger partial charge in [-0.3, -0.25) is 4.98 Å². The van der Waals surface area contributed by atoms with Gasteiger partial charge in [0.2, 0.25) is 0 Å². The lowest BCUT2D eigenvalue weighted by Gasteiger charge is -2.16. The number of pyridine rings is 1. The SMILES string of the molecule is C=C(C)C(NCC)c1ccccn1. The number of nitrogens with one attached hydrogen (secondary N) is 1. The summed E-state index contributed by atoms with van der Waals surface area (Å²) in [5.74, 6) is 0. The van der Waals surface area contributed by atoms with E-state index in [9.17, 15) is 0 Å². The molecule has 1 N–H and O–H groups in total. The van der Waals surface area contributed by atoms with Gasteiger partial charge in [0.1, 0.15) is 0 Å². The third-order valence-electron chi connectivity index (χ3n) is 1.88. The maximum Gasteiger partial charge on any atom is 0.0705 e. The van der Waals surface area contributed by atoms with Gasteiger partial charge >= 0.3 is 0 Å². The maximum absolute atomic E-state index is 4.30. The summed E-state index contributed by atoms with van der Waals surface area (Å²) in [4.78, 5) is 4.30. The summed E-state index contributed by atoms with van der Waals surface area (Å²) in [5, 5.41) is 3.34. The van der Waals surface area contributed by atoms with E-state index in [0.717, 1.165) is 17.8 Å². The van der Waals surface area contributed by atoms with E-state index >= 15 is 0 Å². The van der Waals surface area contributed by atoms with Crippen LogP contribution in [0.1, 0.15) is 25.6 Å². The lowest BCUT2D eigenvalue weighted by atomic mass is 10.1. The van der Waals surface area contributed by atoms with Crippen molar-refractivity contribution in [1.82, 2.24) is 10.3 Å². The molecule has 0 saturated heterocycles. The first-order valence-corrected chi connectivity index (χ1v) is 4.55. The minimum Gasteiger partial charge on any atom is -0.306 e. The maximum atomic E-state index is 4.30. The van der Waals surface area contributed by atoms with Crippen molar-refractivity contribution < 1.29 is 0 Å². The highest BCUT2D eigenvalue weighted by molar-refractivity contribution is 5.18. The Hall–Kier alpha value is -1.15. The Morgan fingerprint density at radius 1 is 1.62 bits per heavy atom. The van der Waals surface area contributed by atoms with Crippen molar-refractivity contribution in [2.45, 2.75) is 19.9 Å². The summed E-state index contributed by atoms with van der Waals surface area (Å²) in [5.41, 5.74) is 2.14. The van der Waals surface area contributed by atoms with Crippen LogP contribution < -0.4 is 5.32 Å². The number of hydrogen-bond donors (Lipinski definition) is 1. The molecule has 1 aromatic rings. The second-order valence-electron chi connectivity index (χ2n) is 3.09. The Morgan fingerprint density at radius 2 is 2.38 bits per heavy atom. The largest absolute Gasteiger partial charge is 0.306 e. The molecule has 1 unspecified atom stereocenters. The zero-order chi connectivity index (χ0) is 9.68. The van der Waals surface area contributed by atoms with Crippen molar-refractivity contribution in [3.63, 3.8) is 0 Å². The van der Waals surface area contributed by atoms with Gasteiger partial charge in [0.15, 0.2) is 0 Å². The summed E-state index contributed by atoms with van der Waals surface area (Å²) < 4.78 is 0. The third-order valence-corrected chi connectivity index (χ3v) is 1.88. The number of nitrogens with zero attached hydrogens (tertiary/aromatic N) is 1. The molecule has 0 radical (unpaired) electrons. The molecule has 0 saturated carbocycles. The van der Waals surface area contributed by atoms with E-state index in [4.69, 9.17) is 0 Å². The number of likely N-dealkylation sites (N-methyl/N-ethyl adjacent to an activating group) is 1. The van der Waals surface area contributed by atoms with Crippen LogP contribution >= 0.6 is 0 Å². The van der Waals surface area contributed by atoms with E-state index in [1.54, 1.807) is 0 Å². The molecule has 1 aromatic heterocycles. The molecular formula is C11H16N2. The standard InChI is InChI=1S/C11H16N2/c1-4-12-11(9(2)3)10-7-5-6-8-13-10/h5-8,11-12H,2,4H2,1,3H3. The Kier molecular flexibility index (Phi) is 3.65. The van der Waals surface area contributed by atoms with Crippen LogP contribution in [0.3, 0.4) is 0 Å². The fraction of sp³-hybridized carbons (Fsp3) is 0.364. The van der Waals surface area contributed by atoms with Gasteiger partial charge in [-0.1, -0.05) is 25.1 Å². The van der Waals surface area contributed by atoms with Crippen LogP contribution in [0.15, 0.2) is 36.5 Å². The van der Waals surface area contributed by atoms with Crippen molar-refractivity contribution >= 4 is 0 Å². The average Bonchev–Trinajstić information content (AvgIpc) is 2.15. The van der Waals surface area contributed by atoms with Crippen LogP contribution in [0.2, 0.25) is 0 Å². The quantitative estimate of drug-likeness (QED) is 0.712. The molecule has 0 aliphatic heterocycles. The van der Waals surface area contributed by atoms with E-state index in [2.05, 4.69) is 23.8 Å². The first-order valence-electron chi connectivity index (χ1n) is 4.55. The van der Waals surface area contributed by atoms with E-state index in [0.29, 0.717) is 0 Å². The van der Waals surface area contributed by atoms with E-state index in [1.807, 2.05) is 31.3 Å². The average molecular weight is 176 g/mol. The Balaban J connectivity index is 2.82. The predicted octanol–water partition coefficient (Wildman–Crippen LogP) is 2.31. The second-order valence-corrected chi connectivity index (χ2v) is 3.09. The first kappa shape index (κ1) is 9.93. The monoisotopic (exact) mass is 176 g/mol. The van der Waals surface area contributed by atoms with Gasteiger partial charge in [-0.25, -0.2) is 0 Å². The second kappa shape index (κ2) is 4.77. The van der Waals surface area contributed by atoms with Crippen LogP contribution in [-0.2, 0) is 0 Å². The highest BCUT2D eigenvalue weighted by Gasteiger charge is 2.10. The van der Waals surface area contributed by atoms with Crippen molar-refractivity contribution in [3.05, 3.63) is 42.2 Å². The molecule has 13 heavy (non-hydrogen) atoms. The van der Waals surface area contributed by atoms with Crippen LogP contribution in [0.5, 0.6) is 0 Å². The topological polar surface area (TPSA) is 24.9 Å².